The van der Waals surface area contributed by atoms with Crippen molar-refractivity contribution < 1.29 is 19.7 Å². The van der Waals surface area contributed by atoms with Gasteiger partial charge in [0.25, 0.3) is 0 Å². The summed E-state index contributed by atoms with van der Waals surface area (Å²) in [6.45, 7) is 3.37. The van der Waals surface area contributed by atoms with Crippen molar-refractivity contribution in [2.45, 2.75) is 24.5 Å². The van der Waals surface area contributed by atoms with Crippen LogP contribution in [0.1, 0.15) is 6.23 Å². The number of alkyl halides is 1. The van der Waals surface area contributed by atoms with Gasteiger partial charge in [0.1, 0.15) is 24.6 Å². The number of hydrogen-bond donors (Lipinski definition) is 3. The first-order valence-electron chi connectivity index (χ1n) is 6.75. The van der Waals surface area contributed by atoms with E-state index >= 15 is 0 Å². The molecule has 0 saturated carbocycles. The SMILES string of the molecule is C=CC(=O)Nc1ncnc2c1ncn2[C@@H]1O[C@H](CCl)[C@@H](O)[C@H]1O. The van der Waals surface area contributed by atoms with Crippen LogP contribution in [0, 0.1) is 0 Å². The van der Waals surface area contributed by atoms with Gasteiger partial charge >= 0.3 is 0 Å². The number of fused-ring (bicyclic) bond motifs is 1. The molecule has 1 amide bonds. The summed E-state index contributed by atoms with van der Waals surface area (Å²) in [5, 5.41) is 22.6. The molecular formula is C13H14ClN5O4. The van der Waals surface area contributed by atoms with E-state index in [-0.39, 0.29) is 11.7 Å². The lowest BCUT2D eigenvalue weighted by atomic mass is 10.1. The van der Waals surface area contributed by atoms with Gasteiger partial charge in [0.15, 0.2) is 23.2 Å². The smallest absolute Gasteiger partial charge is 0.248 e. The van der Waals surface area contributed by atoms with Crippen LogP contribution in [0.5, 0.6) is 0 Å². The van der Waals surface area contributed by atoms with Crippen molar-refractivity contribution in [3.8, 4) is 0 Å². The number of aromatic nitrogens is 4. The first-order valence-corrected chi connectivity index (χ1v) is 7.28. The van der Waals surface area contributed by atoms with Crippen molar-refractivity contribution >= 4 is 34.5 Å². The summed E-state index contributed by atoms with van der Waals surface area (Å²) in [4.78, 5) is 23.6. The van der Waals surface area contributed by atoms with Gasteiger partial charge in [-0.15, -0.1) is 11.6 Å². The number of nitrogens with zero attached hydrogens (tertiary/aromatic N) is 4. The van der Waals surface area contributed by atoms with Crippen LogP contribution < -0.4 is 5.32 Å². The first-order chi connectivity index (χ1) is 11.1. The van der Waals surface area contributed by atoms with E-state index in [1.54, 1.807) is 0 Å². The molecule has 1 aliphatic rings. The Hall–Kier alpha value is -2.07. The molecule has 0 bridgehead atoms. The zero-order chi connectivity index (χ0) is 16.6. The fourth-order valence-corrected chi connectivity index (χ4v) is 2.64. The Morgan fingerprint density at radius 1 is 1.43 bits per heavy atom. The molecule has 10 heteroatoms. The number of nitrogens with one attached hydrogen (secondary N) is 1. The number of carbonyl (C=O) groups excluding carboxylic acids is 1. The number of aliphatic hydroxyl groups excluding tert-OH is 2. The molecule has 3 N–H and O–H groups in total. The molecule has 0 unspecified atom stereocenters. The first kappa shape index (κ1) is 15.8. The highest BCUT2D eigenvalue weighted by Gasteiger charge is 2.43. The van der Waals surface area contributed by atoms with E-state index in [9.17, 15) is 15.0 Å². The number of amides is 1. The van der Waals surface area contributed by atoms with Crippen molar-refractivity contribution in [1.29, 1.82) is 0 Å². The number of hydrogen-bond acceptors (Lipinski definition) is 7. The molecule has 0 radical (unpaired) electrons. The monoisotopic (exact) mass is 339 g/mol. The molecule has 1 saturated heterocycles. The van der Waals surface area contributed by atoms with Crippen LogP contribution in [0.4, 0.5) is 5.82 Å². The molecule has 2 aromatic rings. The highest BCUT2D eigenvalue weighted by molar-refractivity contribution is 6.18. The number of halogens is 1. The van der Waals surface area contributed by atoms with E-state index in [0.717, 1.165) is 6.08 Å². The highest BCUT2D eigenvalue weighted by Crippen LogP contribution is 2.32. The Balaban J connectivity index is 1.99. The van der Waals surface area contributed by atoms with Crippen LogP contribution in [0.15, 0.2) is 25.3 Å². The Labute approximate surface area is 135 Å². The van der Waals surface area contributed by atoms with E-state index in [4.69, 9.17) is 16.3 Å². The predicted molar refractivity (Wildman–Crippen MR) is 80.8 cm³/mol. The molecule has 122 valence electrons. The molecular weight excluding hydrogens is 326 g/mol. The second kappa shape index (κ2) is 6.20. The van der Waals surface area contributed by atoms with E-state index in [2.05, 4.69) is 26.8 Å². The number of carbonyl (C=O) groups is 1. The lowest BCUT2D eigenvalue weighted by molar-refractivity contribution is -0.111. The van der Waals surface area contributed by atoms with Gasteiger partial charge in [0.2, 0.25) is 5.91 Å². The van der Waals surface area contributed by atoms with Gasteiger partial charge in [0, 0.05) is 0 Å². The predicted octanol–water partition coefficient (Wildman–Crippen LogP) is -0.191. The fourth-order valence-electron chi connectivity index (χ4n) is 2.38. The topological polar surface area (TPSA) is 122 Å². The summed E-state index contributed by atoms with van der Waals surface area (Å²) in [5.74, 6) is -0.188. The number of rotatable bonds is 4. The maximum atomic E-state index is 11.4. The zero-order valence-electron chi connectivity index (χ0n) is 11.8. The summed E-state index contributed by atoms with van der Waals surface area (Å²) in [6, 6.07) is 0. The molecule has 3 rings (SSSR count). The molecule has 0 aromatic carbocycles. The van der Waals surface area contributed by atoms with Gasteiger partial charge < -0.3 is 20.3 Å². The number of anilines is 1. The van der Waals surface area contributed by atoms with E-state index in [1.807, 2.05) is 0 Å². The lowest BCUT2D eigenvalue weighted by Gasteiger charge is -2.16. The van der Waals surface area contributed by atoms with Crippen LogP contribution in [-0.2, 0) is 9.53 Å². The number of aliphatic hydroxyl groups is 2. The zero-order valence-corrected chi connectivity index (χ0v) is 12.6. The van der Waals surface area contributed by atoms with Gasteiger partial charge in [-0.05, 0) is 6.08 Å². The maximum absolute atomic E-state index is 11.4. The normalized spacial score (nSPS) is 27.3. The highest BCUT2D eigenvalue weighted by atomic mass is 35.5. The van der Waals surface area contributed by atoms with Crippen LogP contribution in [-0.4, -0.2) is 59.8 Å². The largest absolute Gasteiger partial charge is 0.387 e. The minimum atomic E-state index is -1.18. The Morgan fingerprint density at radius 3 is 2.87 bits per heavy atom. The van der Waals surface area contributed by atoms with Crippen LogP contribution in [0.3, 0.4) is 0 Å². The standard InChI is InChI=1S/C13H14ClN5O4/c1-2-7(20)18-11-8-12(16-4-15-11)19(5-17-8)13-10(22)9(21)6(3-14)23-13/h2,4-6,9-10,13,21-22H,1,3H2,(H,15,16,18,20)/t6-,9-,10-,13-/m1/s1. The second-order valence-electron chi connectivity index (χ2n) is 4.94. The summed E-state index contributed by atoms with van der Waals surface area (Å²) >= 11 is 5.71. The third-order valence-electron chi connectivity index (χ3n) is 3.55. The summed E-state index contributed by atoms with van der Waals surface area (Å²) in [7, 11) is 0. The average Bonchev–Trinajstić information content (AvgIpc) is 3.10. The Kier molecular flexibility index (Phi) is 4.26. The average molecular weight is 340 g/mol. The van der Waals surface area contributed by atoms with Gasteiger partial charge in [-0.25, -0.2) is 15.0 Å². The molecule has 23 heavy (non-hydrogen) atoms. The Morgan fingerprint density at radius 2 is 2.22 bits per heavy atom. The third kappa shape index (κ3) is 2.68. The van der Waals surface area contributed by atoms with E-state index in [0.29, 0.717) is 11.2 Å². The summed E-state index contributed by atoms with van der Waals surface area (Å²) < 4.78 is 7.02. The fraction of sp³-hybridized carbons (Fsp3) is 0.385. The quantitative estimate of drug-likeness (QED) is 0.521. The van der Waals surface area contributed by atoms with Crippen LogP contribution in [0.25, 0.3) is 11.2 Å². The second-order valence-corrected chi connectivity index (χ2v) is 5.25. The third-order valence-corrected chi connectivity index (χ3v) is 3.85. The molecule has 4 atom stereocenters. The van der Waals surface area contributed by atoms with Gasteiger partial charge in [-0.2, -0.15) is 0 Å². The minimum absolute atomic E-state index is 0.0387. The Bertz CT molecular complexity index is 751. The minimum Gasteiger partial charge on any atom is -0.387 e. The molecule has 0 aliphatic carbocycles. The molecule has 1 aliphatic heterocycles. The van der Waals surface area contributed by atoms with Crippen molar-refractivity contribution in [2.75, 3.05) is 11.2 Å². The summed E-state index contributed by atoms with van der Waals surface area (Å²) in [5.41, 5.74) is 0.660. The van der Waals surface area contributed by atoms with Crippen LogP contribution >= 0.6 is 11.6 Å². The lowest BCUT2D eigenvalue weighted by Crippen LogP contribution is -2.32. The molecule has 2 aromatic heterocycles. The van der Waals surface area contributed by atoms with E-state index < -0.39 is 30.4 Å². The van der Waals surface area contributed by atoms with Gasteiger partial charge in [0.05, 0.1) is 12.2 Å². The molecule has 0 spiro atoms. The van der Waals surface area contributed by atoms with Gasteiger partial charge in [-0.3, -0.25) is 9.36 Å². The molecule has 9 nitrogen and oxygen atoms in total. The van der Waals surface area contributed by atoms with Crippen molar-refractivity contribution in [3.63, 3.8) is 0 Å². The number of imidazole rings is 1. The maximum Gasteiger partial charge on any atom is 0.248 e. The molecule has 3 heterocycles. The molecule has 1 fully saturated rings. The van der Waals surface area contributed by atoms with Crippen molar-refractivity contribution in [3.05, 3.63) is 25.3 Å². The van der Waals surface area contributed by atoms with Crippen LogP contribution in [0.2, 0.25) is 0 Å². The number of ether oxygens (including phenoxy) is 1. The van der Waals surface area contributed by atoms with Crippen molar-refractivity contribution in [1.82, 2.24) is 19.5 Å². The summed E-state index contributed by atoms with van der Waals surface area (Å²) in [6.07, 6.45) is -0.145. The van der Waals surface area contributed by atoms with E-state index in [1.165, 1.54) is 17.2 Å². The van der Waals surface area contributed by atoms with Gasteiger partial charge in [-0.1, -0.05) is 6.58 Å². The van der Waals surface area contributed by atoms with Crippen molar-refractivity contribution in [2.24, 2.45) is 0 Å².